The van der Waals surface area contributed by atoms with E-state index in [1.807, 2.05) is 24.4 Å². The number of thiazole rings is 1. The lowest BCUT2D eigenvalue weighted by molar-refractivity contribution is 1.09. The zero-order chi connectivity index (χ0) is 13.0. The number of hydrogen-bond donors (Lipinski definition) is 1. The molecule has 1 aromatic carbocycles. The molecule has 0 bridgehead atoms. The summed E-state index contributed by atoms with van der Waals surface area (Å²) in [5.41, 5.74) is 1.50. The molecular formula is C13H12BrN3S. The van der Waals surface area contributed by atoms with Gasteiger partial charge >= 0.3 is 0 Å². The highest BCUT2D eigenvalue weighted by Gasteiger charge is 2.04. The van der Waals surface area contributed by atoms with E-state index in [4.69, 9.17) is 5.26 Å². The minimum Gasteiger partial charge on any atom is -0.379 e. The molecule has 0 saturated carbocycles. The zero-order valence-electron chi connectivity index (χ0n) is 9.90. The molecule has 0 fully saturated rings. The molecule has 1 N–H and O–H groups in total. The van der Waals surface area contributed by atoms with Crippen LogP contribution in [0, 0.1) is 11.3 Å². The van der Waals surface area contributed by atoms with Crippen LogP contribution in [0.1, 0.15) is 22.4 Å². The molecule has 0 saturated heterocycles. The van der Waals surface area contributed by atoms with Crippen molar-refractivity contribution >= 4 is 33.0 Å². The van der Waals surface area contributed by atoms with Gasteiger partial charge in [-0.05, 0) is 24.6 Å². The van der Waals surface area contributed by atoms with Gasteiger partial charge in [0.1, 0.15) is 6.07 Å². The fourth-order valence-electron chi connectivity index (χ4n) is 1.54. The molecule has 2 rings (SSSR count). The summed E-state index contributed by atoms with van der Waals surface area (Å²) in [7, 11) is 0. The molecule has 0 aliphatic rings. The third-order valence-electron chi connectivity index (χ3n) is 2.46. The number of aryl methyl sites for hydroxylation is 1. The molecule has 0 amide bonds. The van der Waals surface area contributed by atoms with Crippen LogP contribution < -0.4 is 5.32 Å². The fourth-order valence-corrected chi connectivity index (χ4v) is 2.70. The Labute approximate surface area is 119 Å². The Balaban J connectivity index is 2.08. The Morgan fingerprint density at radius 2 is 2.33 bits per heavy atom. The second-order valence-electron chi connectivity index (χ2n) is 3.73. The standard InChI is InChI=1S/C13H12BrN3S/c1-2-13-17-8-11(18-13)7-16-12-4-3-10(14)5-9(12)6-15/h3-5,8,16H,2,7H2,1H3. The third kappa shape index (κ3) is 3.09. The van der Waals surface area contributed by atoms with Gasteiger partial charge in [-0.3, -0.25) is 0 Å². The molecule has 5 heteroatoms. The molecule has 2 aromatic rings. The molecule has 0 spiro atoms. The van der Waals surface area contributed by atoms with Crippen molar-refractivity contribution in [2.24, 2.45) is 0 Å². The summed E-state index contributed by atoms with van der Waals surface area (Å²) < 4.78 is 0.913. The average Bonchev–Trinajstić information content (AvgIpc) is 2.85. The Kier molecular flexibility index (Phi) is 4.34. The average molecular weight is 322 g/mol. The van der Waals surface area contributed by atoms with Gasteiger partial charge in [-0.2, -0.15) is 5.26 Å². The molecule has 3 nitrogen and oxygen atoms in total. The quantitative estimate of drug-likeness (QED) is 0.927. The maximum atomic E-state index is 9.06. The monoisotopic (exact) mass is 321 g/mol. The van der Waals surface area contributed by atoms with Crippen molar-refractivity contribution in [1.29, 1.82) is 5.26 Å². The van der Waals surface area contributed by atoms with Gasteiger partial charge in [-0.25, -0.2) is 4.98 Å². The van der Waals surface area contributed by atoms with E-state index in [2.05, 4.69) is 39.2 Å². The second kappa shape index (κ2) is 5.98. The van der Waals surface area contributed by atoms with E-state index in [1.54, 1.807) is 11.3 Å². The number of benzene rings is 1. The van der Waals surface area contributed by atoms with Gasteiger partial charge in [-0.1, -0.05) is 22.9 Å². The van der Waals surface area contributed by atoms with Crippen LogP contribution in [0.2, 0.25) is 0 Å². The maximum absolute atomic E-state index is 9.06. The Hall–Kier alpha value is -1.38. The highest BCUT2D eigenvalue weighted by molar-refractivity contribution is 9.10. The zero-order valence-corrected chi connectivity index (χ0v) is 12.3. The van der Waals surface area contributed by atoms with Crippen LogP contribution in [0.5, 0.6) is 0 Å². The molecule has 1 heterocycles. The summed E-state index contributed by atoms with van der Waals surface area (Å²) in [5, 5.41) is 13.5. The number of anilines is 1. The smallest absolute Gasteiger partial charge is 0.101 e. The summed E-state index contributed by atoms with van der Waals surface area (Å²) >= 11 is 5.06. The lowest BCUT2D eigenvalue weighted by Gasteiger charge is -2.06. The normalized spacial score (nSPS) is 10.1. The van der Waals surface area contributed by atoms with E-state index < -0.39 is 0 Å². The van der Waals surface area contributed by atoms with E-state index in [0.717, 1.165) is 21.6 Å². The highest BCUT2D eigenvalue weighted by atomic mass is 79.9. The van der Waals surface area contributed by atoms with Gasteiger partial charge in [0.15, 0.2) is 0 Å². The van der Waals surface area contributed by atoms with Gasteiger partial charge in [-0.15, -0.1) is 11.3 Å². The topological polar surface area (TPSA) is 48.7 Å². The first-order chi connectivity index (χ1) is 8.72. The van der Waals surface area contributed by atoms with Crippen LogP contribution in [0.15, 0.2) is 28.9 Å². The van der Waals surface area contributed by atoms with Crippen molar-refractivity contribution in [2.45, 2.75) is 19.9 Å². The molecule has 0 radical (unpaired) electrons. The maximum Gasteiger partial charge on any atom is 0.101 e. The molecule has 92 valence electrons. The van der Waals surface area contributed by atoms with E-state index in [9.17, 15) is 0 Å². The van der Waals surface area contributed by atoms with Crippen LogP contribution in [0.25, 0.3) is 0 Å². The molecule has 0 aliphatic carbocycles. The van der Waals surface area contributed by atoms with E-state index in [1.165, 1.54) is 4.88 Å². The van der Waals surface area contributed by atoms with Crippen LogP contribution in [-0.2, 0) is 13.0 Å². The molecular weight excluding hydrogens is 310 g/mol. The number of rotatable bonds is 4. The van der Waals surface area contributed by atoms with Gasteiger partial charge in [0.25, 0.3) is 0 Å². The van der Waals surface area contributed by atoms with Gasteiger partial charge in [0, 0.05) is 15.5 Å². The molecule has 1 aromatic heterocycles. The first-order valence-corrected chi connectivity index (χ1v) is 7.21. The lowest BCUT2D eigenvalue weighted by Crippen LogP contribution is -1.99. The number of halogens is 1. The van der Waals surface area contributed by atoms with E-state index in [0.29, 0.717) is 12.1 Å². The van der Waals surface area contributed by atoms with Crippen molar-refractivity contribution < 1.29 is 0 Å². The number of nitrogens with zero attached hydrogens (tertiary/aromatic N) is 2. The molecule has 18 heavy (non-hydrogen) atoms. The van der Waals surface area contributed by atoms with Crippen LogP contribution in [-0.4, -0.2) is 4.98 Å². The summed E-state index contributed by atoms with van der Waals surface area (Å²) in [6.45, 7) is 2.80. The van der Waals surface area contributed by atoms with E-state index >= 15 is 0 Å². The molecule has 0 atom stereocenters. The minimum absolute atomic E-state index is 0.643. The fraction of sp³-hybridized carbons (Fsp3) is 0.231. The van der Waals surface area contributed by atoms with Gasteiger partial charge in [0.2, 0.25) is 0 Å². The summed E-state index contributed by atoms with van der Waals surface area (Å²) in [5.74, 6) is 0. The molecule has 0 aliphatic heterocycles. The predicted molar refractivity (Wildman–Crippen MR) is 77.7 cm³/mol. The van der Waals surface area contributed by atoms with Crippen LogP contribution in [0.4, 0.5) is 5.69 Å². The van der Waals surface area contributed by atoms with Crippen LogP contribution >= 0.6 is 27.3 Å². The van der Waals surface area contributed by atoms with Gasteiger partial charge < -0.3 is 5.32 Å². The first kappa shape index (κ1) is 13.1. The lowest BCUT2D eigenvalue weighted by atomic mass is 10.2. The Bertz CT molecular complexity index is 586. The van der Waals surface area contributed by atoms with Crippen molar-refractivity contribution in [3.8, 4) is 6.07 Å². The SMILES string of the molecule is CCc1ncc(CNc2ccc(Br)cc2C#N)s1. The van der Waals surface area contributed by atoms with Crippen molar-refractivity contribution in [2.75, 3.05) is 5.32 Å². The third-order valence-corrected chi connectivity index (χ3v) is 4.09. The number of hydrogen-bond acceptors (Lipinski definition) is 4. The van der Waals surface area contributed by atoms with Gasteiger partial charge in [0.05, 0.1) is 22.8 Å². The van der Waals surface area contributed by atoms with Crippen LogP contribution in [0.3, 0.4) is 0 Å². The van der Waals surface area contributed by atoms with Crippen molar-refractivity contribution in [1.82, 2.24) is 4.98 Å². The minimum atomic E-state index is 0.643. The number of nitrogens with one attached hydrogen (secondary N) is 1. The second-order valence-corrected chi connectivity index (χ2v) is 5.84. The molecule has 0 unspecified atom stereocenters. The van der Waals surface area contributed by atoms with E-state index in [-0.39, 0.29) is 0 Å². The largest absolute Gasteiger partial charge is 0.379 e. The predicted octanol–water partition coefficient (Wildman–Crippen LogP) is 3.95. The first-order valence-electron chi connectivity index (χ1n) is 5.60. The van der Waals surface area contributed by atoms with Crippen molar-refractivity contribution in [3.63, 3.8) is 0 Å². The highest BCUT2D eigenvalue weighted by Crippen LogP contribution is 2.22. The summed E-state index contributed by atoms with van der Waals surface area (Å²) in [6.07, 6.45) is 2.85. The van der Waals surface area contributed by atoms with Crippen molar-refractivity contribution in [3.05, 3.63) is 44.3 Å². The number of aromatic nitrogens is 1. The number of nitriles is 1. The summed E-state index contributed by atoms with van der Waals surface area (Å²) in [6, 6.07) is 7.83. The summed E-state index contributed by atoms with van der Waals surface area (Å²) in [4.78, 5) is 5.49. The Morgan fingerprint density at radius 3 is 3.00 bits per heavy atom. The Morgan fingerprint density at radius 1 is 1.50 bits per heavy atom.